The Morgan fingerprint density at radius 1 is 1.35 bits per heavy atom. The van der Waals surface area contributed by atoms with E-state index in [4.69, 9.17) is 0 Å². The molecule has 108 valence electrons. The van der Waals surface area contributed by atoms with Crippen molar-refractivity contribution in [2.24, 2.45) is 11.0 Å². The summed E-state index contributed by atoms with van der Waals surface area (Å²) in [4.78, 5) is 12.0. The number of halogens is 1. The van der Waals surface area contributed by atoms with Crippen LogP contribution < -0.4 is 5.43 Å². The third-order valence-corrected chi connectivity index (χ3v) is 4.50. The summed E-state index contributed by atoms with van der Waals surface area (Å²) in [5, 5.41) is 4.29. The highest BCUT2D eigenvalue weighted by atomic mass is 79.9. The van der Waals surface area contributed by atoms with E-state index >= 15 is 0 Å². The van der Waals surface area contributed by atoms with Crippen LogP contribution in [0.3, 0.4) is 0 Å². The van der Waals surface area contributed by atoms with E-state index in [0.717, 1.165) is 28.9 Å². The van der Waals surface area contributed by atoms with Gasteiger partial charge in [0.1, 0.15) is 0 Å². The molecule has 1 aliphatic rings. The molecule has 1 N–H and O–H groups in total. The molecule has 0 spiro atoms. The molecule has 0 radical (unpaired) electrons. The Labute approximate surface area is 129 Å². The predicted molar refractivity (Wildman–Crippen MR) is 85.9 cm³/mol. The van der Waals surface area contributed by atoms with Crippen LogP contribution in [0.15, 0.2) is 33.8 Å². The normalized spacial score (nSPS) is 18.7. The number of nitrogens with zero attached hydrogens (tertiary/aromatic N) is 1. The van der Waals surface area contributed by atoms with Gasteiger partial charge in [0, 0.05) is 10.2 Å². The molecule has 1 aliphatic carbocycles. The number of carbonyl (C=O) groups excluding carboxylic acids is 1. The molecule has 4 heteroatoms. The van der Waals surface area contributed by atoms with Crippen LogP contribution in [0.25, 0.3) is 0 Å². The third kappa shape index (κ3) is 4.17. The van der Waals surface area contributed by atoms with Crippen LogP contribution in [0, 0.1) is 5.92 Å². The van der Waals surface area contributed by atoms with E-state index in [-0.39, 0.29) is 5.91 Å². The Balaban J connectivity index is 1.88. The van der Waals surface area contributed by atoms with Gasteiger partial charge < -0.3 is 0 Å². The largest absolute Gasteiger partial charge is 0.272 e. The lowest BCUT2D eigenvalue weighted by molar-refractivity contribution is 0.0953. The highest BCUT2D eigenvalue weighted by Crippen LogP contribution is 2.26. The molecular formula is C16H21BrN2O. The molecular weight excluding hydrogens is 316 g/mol. The summed E-state index contributed by atoms with van der Waals surface area (Å²) in [6, 6.07) is 7.39. The SMILES string of the molecule is CCCC1CCC(=NNC(=O)c2ccccc2Br)CC1. The van der Waals surface area contributed by atoms with Gasteiger partial charge in [-0.1, -0.05) is 31.9 Å². The van der Waals surface area contributed by atoms with Gasteiger partial charge in [0.25, 0.3) is 5.91 Å². The molecule has 0 atom stereocenters. The minimum absolute atomic E-state index is 0.152. The molecule has 0 aliphatic heterocycles. The minimum atomic E-state index is -0.152. The van der Waals surface area contributed by atoms with Crippen molar-refractivity contribution >= 4 is 27.5 Å². The van der Waals surface area contributed by atoms with E-state index < -0.39 is 0 Å². The summed E-state index contributed by atoms with van der Waals surface area (Å²) >= 11 is 3.38. The van der Waals surface area contributed by atoms with Crippen molar-refractivity contribution in [2.75, 3.05) is 0 Å². The summed E-state index contributed by atoms with van der Waals surface area (Å²) in [6.45, 7) is 2.24. The Kier molecular flexibility index (Phi) is 5.77. The molecule has 0 saturated heterocycles. The Hall–Kier alpha value is -1.16. The van der Waals surface area contributed by atoms with E-state index in [0.29, 0.717) is 5.56 Å². The highest BCUT2D eigenvalue weighted by molar-refractivity contribution is 9.10. The third-order valence-electron chi connectivity index (χ3n) is 3.81. The molecule has 0 unspecified atom stereocenters. The molecule has 20 heavy (non-hydrogen) atoms. The molecule has 0 heterocycles. The van der Waals surface area contributed by atoms with Crippen LogP contribution in [-0.2, 0) is 0 Å². The van der Waals surface area contributed by atoms with Gasteiger partial charge in [-0.25, -0.2) is 5.43 Å². The maximum atomic E-state index is 12.0. The van der Waals surface area contributed by atoms with E-state index in [2.05, 4.69) is 33.4 Å². The highest BCUT2D eigenvalue weighted by Gasteiger charge is 2.17. The van der Waals surface area contributed by atoms with Gasteiger partial charge in [-0.3, -0.25) is 4.79 Å². The standard InChI is InChI=1S/C16H21BrN2O/c1-2-5-12-8-10-13(11-9-12)18-19-16(20)14-6-3-4-7-15(14)17/h3-4,6-7,12H,2,5,8-11H2,1H3,(H,19,20). The van der Waals surface area contributed by atoms with Gasteiger partial charge in [0.05, 0.1) is 5.56 Å². The van der Waals surface area contributed by atoms with Crippen LogP contribution in [0.2, 0.25) is 0 Å². The summed E-state index contributed by atoms with van der Waals surface area (Å²) in [6.07, 6.45) is 7.02. The topological polar surface area (TPSA) is 41.5 Å². The predicted octanol–water partition coefficient (Wildman–Crippen LogP) is 4.53. The van der Waals surface area contributed by atoms with Gasteiger partial charge in [-0.2, -0.15) is 5.10 Å². The van der Waals surface area contributed by atoms with E-state index in [1.54, 1.807) is 6.07 Å². The zero-order valence-corrected chi connectivity index (χ0v) is 13.4. The molecule has 3 nitrogen and oxygen atoms in total. The Bertz CT molecular complexity index is 489. The maximum absolute atomic E-state index is 12.0. The van der Waals surface area contributed by atoms with E-state index in [1.807, 2.05) is 18.2 Å². The lowest BCUT2D eigenvalue weighted by Gasteiger charge is -2.22. The first-order valence-corrected chi connectivity index (χ1v) is 8.10. The second-order valence-electron chi connectivity index (χ2n) is 5.33. The summed E-state index contributed by atoms with van der Waals surface area (Å²) in [7, 11) is 0. The monoisotopic (exact) mass is 336 g/mol. The van der Waals surface area contributed by atoms with Crippen LogP contribution in [0.5, 0.6) is 0 Å². The van der Waals surface area contributed by atoms with Crippen molar-refractivity contribution in [1.82, 2.24) is 5.43 Å². The molecule has 1 saturated carbocycles. The molecule has 1 aromatic carbocycles. The van der Waals surface area contributed by atoms with Crippen molar-refractivity contribution in [3.63, 3.8) is 0 Å². The molecule has 1 aromatic rings. The van der Waals surface area contributed by atoms with Crippen LogP contribution in [0.1, 0.15) is 55.8 Å². The summed E-state index contributed by atoms with van der Waals surface area (Å²) in [5.41, 5.74) is 4.42. The average molecular weight is 337 g/mol. The van der Waals surface area contributed by atoms with Crippen LogP contribution in [-0.4, -0.2) is 11.6 Å². The zero-order chi connectivity index (χ0) is 14.4. The number of rotatable bonds is 4. The Morgan fingerprint density at radius 3 is 2.70 bits per heavy atom. The molecule has 1 fully saturated rings. The number of hydrazone groups is 1. The lowest BCUT2D eigenvalue weighted by Crippen LogP contribution is -2.22. The van der Waals surface area contributed by atoms with Gasteiger partial charge in [-0.15, -0.1) is 0 Å². The fourth-order valence-corrected chi connectivity index (χ4v) is 3.12. The molecule has 0 aromatic heterocycles. The number of hydrogen-bond acceptors (Lipinski definition) is 2. The smallest absolute Gasteiger partial charge is 0.267 e. The van der Waals surface area contributed by atoms with Crippen LogP contribution in [0.4, 0.5) is 0 Å². The lowest BCUT2D eigenvalue weighted by atomic mass is 9.85. The first-order chi connectivity index (χ1) is 9.70. The van der Waals surface area contributed by atoms with Crippen molar-refractivity contribution in [1.29, 1.82) is 0 Å². The van der Waals surface area contributed by atoms with E-state index in [9.17, 15) is 4.79 Å². The first-order valence-electron chi connectivity index (χ1n) is 7.31. The van der Waals surface area contributed by atoms with Crippen molar-refractivity contribution in [2.45, 2.75) is 45.4 Å². The molecule has 1 amide bonds. The molecule has 0 bridgehead atoms. The summed E-state index contributed by atoms with van der Waals surface area (Å²) < 4.78 is 0.796. The second-order valence-corrected chi connectivity index (χ2v) is 6.19. The van der Waals surface area contributed by atoms with Crippen molar-refractivity contribution in [3.8, 4) is 0 Å². The maximum Gasteiger partial charge on any atom is 0.272 e. The van der Waals surface area contributed by atoms with Gasteiger partial charge in [0.2, 0.25) is 0 Å². The van der Waals surface area contributed by atoms with E-state index in [1.165, 1.54) is 25.7 Å². The van der Waals surface area contributed by atoms with Crippen molar-refractivity contribution in [3.05, 3.63) is 34.3 Å². The van der Waals surface area contributed by atoms with Gasteiger partial charge in [-0.05, 0) is 59.7 Å². The number of benzene rings is 1. The number of amides is 1. The molecule has 2 rings (SSSR count). The van der Waals surface area contributed by atoms with Gasteiger partial charge in [0.15, 0.2) is 0 Å². The quantitative estimate of drug-likeness (QED) is 0.806. The van der Waals surface area contributed by atoms with Crippen molar-refractivity contribution < 1.29 is 4.79 Å². The number of carbonyl (C=O) groups is 1. The Morgan fingerprint density at radius 2 is 2.05 bits per heavy atom. The first kappa shape index (κ1) is 15.2. The van der Waals surface area contributed by atoms with Gasteiger partial charge >= 0.3 is 0 Å². The average Bonchev–Trinajstić information content (AvgIpc) is 2.47. The second kappa shape index (κ2) is 7.58. The number of nitrogens with one attached hydrogen (secondary N) is 1. The minimum Gasteiger partial charge on any atom is -0.267 e. The summed E-state index contributed by atoms with van der Waals surface area (Å²) in [5.74, 6) is 0.693. The zero-order valence-electron chi connectivity index (χ0n) is 11.9. The fourth-order valence-electron chi connectivity index (χ4n) is 2.65. The number of hydrogen-bond donors (Lipinski definition) is 1. The fraction of sp³-hybridized carbons (Fsp3) is 0.500. The van der Waals surface area contributed by atoms with Crippen LogP contribution >= 0.6 is 15.9 Å².